The van der Waals surface area contributed by atoms with Gasteiger partial charge in [0.05, 0.1) is 16.7 Å². The third-order valence-corrected chi connectivity index (χ3v) is 5.44. The van der Waals surface area contributed by atoms with Crippen molar-refractivity contribution >= 4 is 22.5 Å². The van der Waals surface area contributed by atoms with Crippen molar-refractivity contribution in [3.63, 3.8) is 0 Å². The van der Waals surface area contributed by atoms with E-state index in [4.69, 9.17) is 4.98 Å². The molecule has 0 aliphatic rings. The molecule has 0 aliphatic heterocycles. The maximum absolute atomic E-state index is 12.7. The molecule has 0 saturated carbocycles. The maximum atomic E-state index is 12.7. The van der Waals surface area contributed by atoms with Gasteiger partial charge in [-0.3, -0.25) is 4.79 Å². The highest BCUT2D eigenvalue weighted by Gasteiger charge is 2.11. The zero-order valence-electron chi connectivity index (χ0n) is 17.9. The topological polar surface area (TPSA) is 79.7 Å². The number of aromatic nitrogens is 5. The van der Waals surface area contributed by atoms with E-state index >= 15 is 0 Å². The fraction of sp³-hybridized carbons (Fsp3) is 0.120. The van der Waals surface area contributed by atoms with Gasteiger partial charge in [-0.1, -0.05) is 6.07 Å². The molecule has 5 aromatic rings. The molecular formula is C25H22N6O. The summed E-state index contributed by atoms with van der Waals surface area (Å²) in [5.74, 6) is 0.881. The first-order chi connectivity index (χ1) is 15.6. The molecule has 0 bridgehead atoms. The summed E-state index contributed by atoms with van der Waals surface area (Å²) in [4.78, 5) is 26.8. The van der Waals surface area contributed by atoms with E-state index in [1.807, 2.05) is 85.7 Å². The molecule has 0 aliphatic carbocycles. The first kappa shape index (κ1) is 19.7. The number of benzene rings is 3. The van der Waals surface area contributed by atoms with Crippen molar-refractivity contribution in [3.8, 4) is 17.1 Å². The Morgan fingerprint density at radius 3 is 2.47 bits per heavy atom. The minimum absolute atomic E-state index is 0.0955. The first-order valence-electron chi connectivity index (χ1n) is 10.3. The summed E-state index contributed by atoms with van der Waals surface area (Å²) in [7, 11) is 3.96. The molecule has 7 heteroatoms. The molecule has 0 spiro atoms. The molecule has 2 heterocycles. The van der Waals surface area contributed by atoms with Crippen molar-refractivity contribution in [3.05, 3.63) is 90.5 Å². The van der Waals surface area contributed by atoms with Gasteiger partial charge in [0.15, 0.2) is 5.78 Å². The molecule has 0 fully saturated rings. The molecule has 3 aromatic carbocycles. The number of aromatic amines is 1. The predicted molar refractivity (Wildman–Crippen MR) is 125 cm³/mol. The number of anilines is 1. The Kier molecular flexibility index (Phi) is 4.99. The van der Waals surface area contributed by atoms with Crippen molar-refractivity contribution in [2.75, 3.05) is 19.0 Å². The summed E-state index contributed by atoms with van der Waals surface area (Å²) in [6.07, 6.45) is 3.52. The van der Waals surface area contributed by atoms with E-state index in [0.29, 0.717) is 12.0 Å². The van der Waals surface area contributed by atoms with E-state index in [0.717, 1.165) is 39.4 Å². The molecule has 5 rings (SSSR count). The predicted octanol–water partition coefficient (Wildman–Crippen LogP) is 4.30. The van der Waals surface area contributed by atoms with Crippen LogP contribution in [0.1, 0.15) is 15.9 Å². The minimum atomic E-state index is 0.0955. The highest BCUT2D eigenvalue weighted by molar-refractivity contribution is 5.98. The van der Waals surface area contributed by atoms with Crippen LogP contribution in [-0.2, 0) is 6.42 Å². The van der Waals surface area contributed by atoms with Crippen LogP contribution in [0.5, 0.6) is 0 Å². The van der Waals surface area contributed by atoms with E-state index in [1.165, 1.54) is 6.33 Å². The van der Waals surface area contributed by atoms with Crippen LogP contribution in [0, 0.1) is 0 Å². The van der Waals surface area contributed by atoms with Crippen molar-refractivity contribution in [1.29, 1.82) is 0 Å². The third kappa shape index (κ3) is 3.88. The lowest BCUT2D eigenvalue weighted by atomic mass is 10.0. The van der Waals surface area contributed by atoms with Crippen LogP contribution in [0.4, 0.5) is 5.69 Å². The number of fused-ring (bicyclic) bond motifs is 1. The number of carbonyl (C=O) groups is 1. The zero-order chi connectivity index (χ0) is 22.1. The van der Waals surface area contributed by atoms with Gasteiger partial charge in [-0.15, -0.1) is 0 Å². The fourth-order valence-corrected chi connectivity index (χ4v) is 3.65. The van der Waals surface area contributed by atoms with E-state index in [9.17, 15) is 4.79 Å². The molecule has 7 nitrogen and oxygen atoms in total. The molecule has 0 saturated heterocycles. The highest BCUT2D eigenvalue weighted by atomic mass is 16.1. The Labute approximate surface area is 185 Å². The van der Waals surface area contributed by atoms with E-state index < -0.39 is 0 Å². The summed E-state index contributed by atoms with van der Waals surface area (Å²) >= 11 is 0. The van der Waals surface area contributed by atoms with Gasteiger partial charge in [-0.25, -0.2) is 14.6 Å². The molecule has 0 atom stereocenters. The van der Waals surface area contributed by atoms with Gasteiger partial charge in [0.1, 0.15) is 18.5 Å². The zero-order valence-corrected chi connectivity index (χ0v) is 17.9. The van der Waals surface area contributed by atoms with Crippen LogP contribution < -0.4 is 4.90 Å². The van der Waals surface area contributed by atoms with Crippen LogP contribution in [-0.4, -0.2) is 44.6 Å². The van der Waals surface area contributed by atoms with E-state index in [2.05, 4.69) is 15.1 Å². The molecule has 0 radical (unpaired) electrons. The quantitative estimate of drug-likeness (QED) is 0.413. The van der Waals surface area contributed by atoms with Crippen molar-refractivity contribution in [2.24, 2.45) is 0 Å². The second kappa shape index (κ2) is 8.11. The number of hydrogen-bond donors (Lipinski definition) is 1. The number of hydrogen-bond acceptors (Lipinski definition) is 5. The van der Waals surface area contributed by atoms with Gasteiger partial charge in [0.25, 0.3) is 0 Å². The normalized spacial score (nSPS) is 11.1. The molecule has 0 amide bonds. The van der Waals surface area contributed by atoms with Crippen molar-refractivity contribution < 1.29 is 4.79 Å². The number of nitrogens with zero attached hydrogens (tertiary/aromatic N) is 5. The molecule has 2 aromatic heterocycles. The van der Waals surface area contributed by atoms with Gasteiger partial charge in [-0.05, 0) is 66.2 Å². The number of Topliss-reactive ketones (excluding diaryl/α,β-unsaturated/α-hetero) is 1. The highest BCUT2D eigenvalue weighted by Crippen LogP contribution is 2.23. The summed E-state index contributed by atoms with van der Waals surface area (Å²) in [6, 6.07) is 21.6. The lowest BCUT2D eigenvalue weighted by molar-refractivity contribution is 0.0993. The summed E-state index contributed by atoms with van der Waals surface area (Å²) in [5.41, 5.74) is 6.43. The molecule has 32 heavy (non-hydrogen) atoms. The van der Waals surface area contributed by atoms with Gasteiger partial charge >= 0.3 is 0 Å². The Bertz CT molecular complexity index is 1370. The van der Waals surface area contributed by atoms with Crippen molar-refractivity contribution in [1.82, 2.24) is 24.7 Å². The van der Waals surface area contributed by atoms with Crippen LogP contribution >= 0.6 is 0 Å². The van der Waals surface area contributed by atoms with Crippen LogP contribution in [0.3, 0.4) is 0 Å². The molecule has 158 valence electrons. The minimum Gasteiger partial charge on any atom is -0.378 e. The molecule has 1 N–H and O–H groups in total. The van der Waals surface area contributed by atoms with E-state index in [-0.39, 0.29) is 5.78 Å². The van der Waals surface area contributed by atoms with Gasteiger partial charge in [0, 0.05) is 37.3 Å². The van der Waals surface area contributed by atoms with Crippen LogP contribution in [0.15, 0.2) is 79.4 Å². The summed E-state index contributed by atoms with van der Waals surface area (Å²) in [5, 5.41) is 4.14. The number of carbonyl (C=O) groups excluding carboxylic acids is 1. The van der Waals surface area contributed by atoms with Crippen LogP contribution in [0.2, 0.25) is 0 Å². The van der Waals surface area contributed by atoms with Crippen LogP contribution in [0.25, 0.3) is 28.1 Å². The average molecular weight is 422 g/mol. The Morgan fingerprint density at radius 2 is 1.78 bits per heavy atom. The lowest BCUT2D eigenvalue weighted by Crippen LogP contribution is -2.09. The number of ketones is 1. The third-order valence-electron chi connectivity index (χ3n) is 5.44. The number of rotatable bonds is 6. The number of nitrogens with one attached hydrogen (secondary N) is 1. The fourth-order valence-electron chi connectivity index (χ4n) is 3.65. The maximum Gasteiger partial charge on any atom is 0.167 e. The largest absolute Gasteiger partial charge is 0.378 e. The SMILES string of the molecule is CN(C)c1ccc(C(=O)Cc2ccc3nc(-c4ccc(-n5cncn5)cc4)[nH]c3c2)cc1. The van der Waals surface area contributed by atoms with Gasteiger partial charge in [-0.2, -0.15) is 5.10 Å². The average Bonchev–Trinajstić information content (AvgIpc) is 3.49. The summed E-state index contributed by atoms with van der Waals surface area (Å²) in [6.45, 7) is 0. The molecule has 0 unspecified atom stereocenters. The standard InChI is InChI=1S/C25H22N6O/c1-30(2)20-8-4-18(5-9-20)24(32)14-17-3-12-22-23(13-17)29-25(28-22)19-6-10-21(11-7-19)31-16-26-15-27-31/h3-13,15-16H,14H2,1-2H3,(H,28,29). The second-order valence-electron chi connectivity index (χ2n) is 7.87. The Hall–Kier alpha value is -4.26. The number of H-pyrrole nitrogens is 1. The monoisotopic (exact) mass is 422 g/mol. The smallest absolute Gasteiger partial charge is 0.167 e. The Balaban J connectivity index is 1.35. The number of imidazole rings is 1. The Morgan fingerprint density at radius 1 is 1.00 bits per heavy atom. The first-order valence-corrected chi connectivity index (χ1v) is 10.3. The lowest BCUT2D eigenvalue weighted by Gasteiger charge is -2.12. The summed E-state index contributed by atoms with van der Waals surface area (Å²) < 4.78 is 1.71. The van der Waals surface area contributed by atoms with Gasteiger partial charge < -0.3 is 9.88 Å². The van der Waals surface area contributed by atoms with Gasteiger partial charge in [0.2, 0.25) is 0 Å². The molecular weight excluding hydrogens is 400 g/mol. The second-order valence-corrected chi connectivity index (χ2v) is 7.87. The van der Waals surface area contributed by atoms with Crippen molar-refractivity contribution in [2.45, 2.75) is 6.42 Å². The van der Waals surface area contributed by atoms with E-state index in [1.54, 1.807) is 11.0 Å².